The average molecular weight is 359 g/mol. The van der Waals surface area contributed by atoms with Crippen molar-refractivity contribution in [2.75, 3.05) is 12.4 Å². The Balaban J connectivity index is 2.12. The molecule has 25 heavy (non-hydrogen) atoms. The van der Waals surface area contributed by atoms with Crippen molar-refractivity contribution >= 4 is 28.7 Å². The van der Waals surface area contributed by atoms with Gasteiger partial charge in [-0.05, 0) is 50.2 Å². The number of benzene rings is 2. The first-order valence-corrected chi connectivity index (χ1v) is 8.19. The molecule has 0 fully saturated rings. The first kappa shape index (κ1) is 18.7. The van der Waals surface area contributed by atoms with Gasteiger partial charge < -0.3 is 15.4 Å². The molecule has 1 unspecified atom stereocenters. The van der Waals surface area contributed by atoms with Crippen molar-refractivity contribution in [1.82, 2.24) is 5.32 Å². The van der Waals surface area contributed by atoms with Gasteiger partial charge in [0.2, 0.25) is 0 Å². The Morgan fingerprint density at radius 1 is 1.24 bits per heavy atom. The molecule has 0 aliphatic rings. The summed E-state index contributed by atoms with van der Waals surface area (Å²) < 4.78 is 5.21. The molecule has 7 heteroatoms. The van der Waals surface area contributed by atoms with E-state index in [-0.39, 0.29) is 11.7 Å². The van der Waals surface area contributed by atoms with Crippen molar-refractivity contribution in [3.63, 3.8) is 0 Å². The minimum absolute atomic E-state index is 0.0175. The average Bonchev–Trinajstić information content (AvgIpc) is 2.56. The van der Waals surface area contributed by atoms with E-state index in [1.165, 1.54) is 35.9 Å². The predicted octanol–water partition coefficient (Wildman–Crippen LogP) is 4.27. The SMILES string of the molecule is COc1cc([N+](=O)[O-])ccc1NC(=S)NC(C)c1cc(C)ccc1C. The lowest BCUT2D eigenvalue weighted by atomic mass is 10.0. The molecule has 2 aromatic carbocycles. The van der Waals surface area contributed by atoms with Crippen LogP contribution in [0.3, 0.4) is 0 Å². The van der Waals surface area contributed by atoms with E-state index in [1.54, 1.807) is 6.07 Å². The molecule has 2 N–H and O–H groups in total. The van der Waals surface area contributed by atoms with Crippen LogP contribution in [0, 0.1) is 24.0 Å². The highest BCUT2D eigenvalue weighted by atomic mass is 32.1. The summed E-state index contributed by atoms with van der Waals surface area (Å²) in [5.41, 5.74) is 4.06. The van der Waals surface area contributed by atoms with Crippen LogP contribution in [0.1, 0.15) is 29.7 Å². The molecule has 2 rings (SSSR count). The number of hydrogen-bond acceptors (Lipinski definition) is 4. The van der Waals surface area contributed by atoms with Crippen LogP contribution in [0.25, 0.3) is 0 Å². The first-order valence-electron chi connectivity index (χ1n) is 7.79. The topological polar surface area (TPSA) is 76.4 Å². The van der Waals surface area contributed by atoms with Crippen molar-refractivity contribution in [1.29, 1.82) is 0 Å². The predicted molar refractivity (Wildman–Crippen MR) is 103 cm³/mol. The van der Waals surface area contributed by atoms with E-state index in [4.69, 9.17) is 17.0 Å². The maximum atomic E-state index is 10.9. The van der Waals surface area contributed by atoms with Gasteiger partial charge in [0.25, 0.3) is 5.69 Å². The summed E-state index contributed by atoms with van der Waals surface area (Å²) in [5, 5.41) is 17.5. The number of nitro benzene ring substituents is 1. The molecule has 0 saturated heterocycles. The monoisotopic (exact) mass is 359 g/mol. The minimum atomic E-state index is -0.467. The number of nitrogens with one attached hydrogen (secondary N) is 2. The number of thiocarbonyl (C=S) groups is 1. The standard InChI is InChI=1S/C18H21N3O3S/c1-11-5-6-12(2)15(9-11)13(3)19-18(25)20-16-8-7-14(21(22)23)10-17(16)24-4/h5-10,13H,1-4H3,(H2,19,20,25). The lowest BCUT2D eigenvalue weighted by molar-refractivity contribution is -0.384. The normalized spacial score (nSPS) is 11.5. The molecule has 0 heterocycles. The van der Waals surface area contributed by atoms with E-state index in [0.717, 1.165) is 0 Å². The number of nitro groups is 1. The van der Waals surface area contributed by atoms with Crippen molar-refractivity contribution in [3.05, 3.63) is 63.2 Å². The van der Waals surface area contributed by atoms with Crippen molar-refractivity contribution < 1.29 is 9.66 Å². The molecular formula is C18H21N3O3S. The second-order valence-corrected chi connectivity index (χ2v) is 6.23. The molecule has 2 aromatic rings. The minimum Gasteiger partial charge on any atom is -0.494 e. The highest BCUT2D eigenvalue weighted by Gasteiger charge is 2.14. The highest BCUT2D eigenvalue weighted by Crippen LogP contribution is 2.29. The quantitative estimate of drug-likeness (QED) is 0.472. The van der Waals surface area contributed by atoms with Crippen LogP contribution < -0.4 is 15.4 Å². The number of hydrogen-bond donors (Lipinski definition) is 2. The smallest absolute Gasteiger partial charge is 0.273 e. The van der Waals surface area contributed by atoms with Gasteiger partial charge in [-0.15, -0.1) is 0 Å². The fraction of sp³-hybridized carbons (Fsp3) is 0.278. The fourth-order valence-electron chi connectivity index (χ4n) is 2.56. The molecule has 0 aliphatic carbocycles. The maximum Gasteiger partial charge on any atom is 0.273 e. The lowest BCUT2D eigenvalue weighted by Crippen LogP contribution is -2.31. The molecule has 132 valence electrons. The van der Waals surface area contributed by atoms with Gasteiger partial charge in [0.15, 0.2) is 5.11 Å². The highest BCUT2D eigenvalue weighted by molar-refractivity contribution is 7.80. The second-order valence-electron chi connectivity index (χ2n) is 5.82. The third-order valence-electron chi connectivity index (χ3n) is 3.89. The fourth-order valence-corrected chi connectivity index (χ4v) is 2.84. The third kappa shape index (κ3) is 4.67. The summed E-state index contributed by atoms with van der Waals surface area (Å²) in [5.74, 6) is 0.359. The van der Waals surface area contributed by atoms with Crippen LogP contribution >= 0.6 is 12.2 Å². The first-order chi connectivity index (χ1) is 11.8. The summed E-state index contributed by atoms with van der Waals surface area (Å²) in [6, 6.07) is 10.6. The Labute approximate surface area is 152 Å². The number of nitrogens with zero attached hydrogens (tertiary/aromatic N) is 1. The summed E-state index contributed by atoms with van der Waals surface area (Å²) >= 11 is 5.37. The van der Waals surface area contributed by atoms with Crippen LogP contribution in [0.5, 0.6) is 5.75 Å². The molecule has 0 amide bonds. The molecule has 0 saturated carbocycles. The summed E-state index contributed by atoms with van der Waals surface area (Å²) in [6.45, 7) is 6.14. The van der Waals surface area contributed by atoms with E-state index in [1.807, 2.05) is 13.8 Å². The second kappa shape index (κ2) is 7.94. The number of aryl methyl sites for hydroxylation is 2. The van der Waals surface area contributed by atoms with Crippen LogP contribution in [-0.2, 0) is 0 Å². The molecule has 0 bridgehead atoms. The molecule has 0 spiro atoms. The van der Waals surface area contributed by atoms with Gasteiger partial charge in [0.05, 0.1) is 29.8 Å². The Morgan fingerprint density at radius 2 is 1.96 bits per heavy atom. The Kier molecular flexibility index (Phi) is 5.93. The number of methoxy groups -OCH3 is 1. The number of anilines is 1. The summed E-state index contributed by atoms with van der Waals surface area (Å²) in [6.07, 6.45) is 0. The van der Waals surface area contributed by atoms with E-state index in [2.05, 4.69) is 35.8 Å². The summed E-state index contributed by atoms with van der Waals surface area (Å²) in [7, 11) is 1.46. The van der Waals surface area contributed by atoms with E-state index in [0.29, 0.717) is 16.5 Å². The summed E-state index contributed by atoms with van der Waals surface area (Å²) in [4.78, 5) is 10.4. The van der Waals surface area contributed by atoms with Crippen molar-refractivity contribution in [2.24, 2.45) is 0 Å². The molecule has 0 radical (unpaired) electrons. The lowest BCUT2D eigenvalue weighted by Gasteiger charge is -2.20. The van der Waals surface area contributed by atoms with Gasteiger partial charge in [-0.2, -0.15) is 0 Å². The van der Waals surface area contributed by atoms with Crippen LogP contribution in [0.15, 0.2) is 36.4 Å². The van der Waals surface area contributed by atoms with Gasteiger partial charge in [-0.3, -0.25) is 10.1 Å². The number of ether oxygens (including phenoxy) is 1. The molecule has 6 nitrogen and oxygen atoms in total. The van der Waals surface area contributed by atoms with E-state index >= 15 is 0 Å². The van der Waals surface area contributed by atoms with Crippen molar-refractivity contribution in [2.45, 2.75) is 26.8 Å². The maximum absolute atomic E-state index is 10.9. The van der Waals surface area contributed by atoms with Crippen LogP contribution in [0.2, 0.25) is 0 Å². The van der Waals surface area contributed by atoms with Crippen LogP contribution in [0.4, 0.5) is 11.4 Å². The third-order valence-corrected chi connectivity index (χ3v) is 4.11. The van der Waals surface area contributed by atoms with Gasteiger partial charge in [-0.25, -0.2) is 0 Å². The molecular weight excluding hydrogens is 338 g/mol. The zero-order valence-electron chi connectivity index (χ0n) is 14.6. The molecule has 1 atom stereocenters. The largest absolute Gasteiger partial charge is 0.494 e. The van der Waals surface area contributed by atoms with Gasteiger partial charge in [0.1, 0.15) is 5.75 Å². The van der Waals surface area contributed by atoms with E-state index in [9.17, 15) is 10.1 Å². The number of non-ortho nitro benzene ring substituents is 1. The van der Waals surface area contributed by atoms with E-state index < -0.39 is 4.92 Å². The Hall–Kier alpha value is -2.67. The Morgan fingerprint density at radius 3 is 2.60 bits per heavy atom. The zero-order chi connectivity index (χ0) is 18.6. The van der Waals surface area contributed by atoms with Gasteiger partial charge in [-0.1, -0.05) is 23.8 Å². The molecule has 0 aliphatic heterocycles. The van der Waals surface area contributed by atoms with Gasteiger partial charge >= 0.3 is 0 Å². The van der Waals surface area contributed by atoms with Crippen molar-refractivity contribution in [3.8, 4) is 5.75 Å². The van der Waals surface area contributed by atoms with Gasteiger partial charge in [0, 0.05) is 6.07 Å². The number of rotatable bonds is 5. The molecule has 0 aromatic heterocycles. The van der Waals surface area contributed by atoms with Crippen LogP contribution in [-0.4, -0.2) is 17.1 Å². The Bertz CT molecular complexity index is 808. The zero-order valence-corrected chi connectivity index (χ0v) is 15.4.